The summed E-state index contributed by atoms with van der Waals surface area (Å²) in [7, 11) is 0. The van der Waals surface area contributed by atoms with E-state index < -0.39 is 29.7 Å². The van der Waals surface area contributed by atoms with E-state index in [4.69, 9.17) is 9.47 Å². The molecule has 1 saturated carbocycles. The molecule has 2 N–H and O–H groups in total. The maximum Gasteiger partial charge on any atom is 0.410 e. The predicted octanol–water partition coefficient (Wildman–Crippen LogP) is 3.10. The van der Waals surface area contributed by atoms with Gasteiger partial charge in [-0.05, 0) is 30.6 Å². The molecule has 2 aliphatic rings. The molecule has 146 valence electrons. The van der Waals surface area contributed by atoms with Gasteiger partial charge in [-0.3, -0.25) is 9.59 Å². The fourth-order valence-electron chi connectivity index (χ4n) is 4.45. The van der Waals surface area contributed by atoms with Crippen LogP contribution in [0.3, 0.4) is 0 Å². The minimum atomic E-state index is -0.997. The van der Waals surface area contributed by atoms with Crippen LogP contribution >= 0.6 is 0 Å². The van der Waals surface area contributed by atoms with E-state index in [1.807, 2.05) is 0 Å². The number of carboxylic acids is 1. The van der Waals surface area contributed by atoms with Gasteiger partial charge in [0.05, 0.1) is 12.3 Å². The molecule has 0 unspecified atom stereocenters. The number of allylic oxidation sites excluding steroid dienone is 2. The monoisotopic (exact) mass is 367 g/mol. The van der Waals surface area contributed by atoms with Crippen LogP contribution in [-0.2, 0) is 19.1 Å². The second kappa shape index (κ2) is 7.68. The summed E-state index contributed by atoms with van der Waals surface area (Å²) in [5, 5.41) is 12.0. The van der Waals surface area contributed by atoms with Crippen molar-refractivity contribution in [1.29, 1.82) is 0 Å². The summed E-state index contributed by atoms with van der Waals surface area (Å²) in [6, 6.07) is 0. The number of carbonyl (C=O) groups is 3. The van der Waals surface area contributed by atoms with Crippen molar-refractivity contribution in [2.75, 3.05) is 6.54 Å². The number of amides is 1. The summed E-state index contributed by atoms with van der Waals surface area (Å²) in [5.41, 5.74) is -0.368. The van der Waals surface area contributed by atoms with Crippen molar-refractivity contribution >= 4 is 18.0 Å². The molecule has 26 heavy (non-hydrogen) atoms. The van der Waals surface area contributed by atoms with E-state index in [2.05, 4.69) is 24.4 Å². The topological polar surface area (TPSA) is 102 Å². The van der Waals surface area contributed by atoms with E-state index in [9.17, 15) is 19.5 Å². The molecule has 0 heterocycles. The number of carbonyl (C=O) groups excluding carboxylic acids is 2. The number of rotatable bonds is 8. The van der Waals surface area contributed by atoms with Crippen molar-refractivity contribution in [2.45, 2.75) is 59.7 Å². The van der Waals surface area contributed by atoms with E-state index in [1.165, 1.54) is 6.92 Å². The van der Waals surface area contributed by atoms with Crippen LogP contribution in [0.4, 0.5) is 4.79 Å². The molecular formula is C19H29NO6. The van der Waals surface area contributed by atoms with E-state index in [-0.39, 0.29) is 30.2 Å². The molecule has 0 radical (unpaired) electrons. The number of alkyl carbamates (subject to hydrolysis) is 1. The summed E-state index contributed by atoms with van der Waals surface area (Å²) in [4.78, 5) is 34.9. The van der Waals surface area contributed by atoms with Crippen LogP contribution < -0.4 is 5.32 Å². The highest BCUT2D eigenvalue weighted by atomic mass is 16.7. The van der Waals surface area contributed by atoms with Crippen LogP contribution in [0.1, 0.15) is 53.4 Å². The zero-order valence-electron chi connectivity index (χ0n) is 15.9. The van der Waals surface area contributed by atoms with Gasteiger partial charge >= 0.3 is 18.0 Å². The van der Waals surface area contributed by atoms with Gasteiger partial charge in [0.25, 0.3) is 0 Å². The average molecular weight is 367 g/mol. The minimum Gasteiger partial charge on any atom is -0.481 e. The fourth-order valence-corrected chi connectivity index (χ4v) is 4.45. The Bertz CT molecular complexity index is 601. The zero-order valence-corrected chi connectivity index (χ0v) is 15.9. The molecule has 0 aromatic heterocycles. The van der Waals surface area contributed by atoms with Gasteiger partial charge in [0.2, 0.25) is 6.29 Å². The standard InChI is InChI=1S/C19H29NO6/c1-5-18-8-6-7-14(18)19(10-18,9-15(21)22)11-20-17(24)26-13(4)25-16(23)12(2)3/h6-7,12-14H,5,8-11H2,1-4H3,(H,20,24)(H,21,22)/t13-,14+,18+,19-/m1/s1. The van der Waals surface area contributed by atoms with Crippen LogP contribution in [-0.4, -0.2) is 36.0 Å². The van der Waals surface area contributed by atoms with Crippen LogP contribution in [0.15, 0.2) is 12.2 Å². The van der Waals surface area contributed by atoms with Gasteiger partial charge in [-0.2, -0.15) is 0 Å². The van der Waals surface area contributed by atoms with Gasteiger partial charge in [-0.15, -0.1) is 0 Å². The highest BCUT2D eigenvalue weighted by Crippen LogP contribution is 2.67. The Morgan fingerprint density at radius 3 is 2.54 bits per heavy atom. The predicted molar refractivity (Wildman–Crippen MR) is 94.1 cm³/mol. The van der Waals surface area contributed by atoms with Gasteiger partial charge in [0.15, 0.2) is 0 Å². The molecule has 2 aliphatic carbocycles. The van der Waals surface area contributed by atoms with Crippen molar-refractivity contribution in [1.82, 2.24) is 5.32 Å². The first-order valence-electron chi connectivity index (χ1n) is 9.17. The summed E-state index contributed by atoms with van der Waals surface area (Å²) >= 11 is 0. The summed E-state index contributed by atoms with van der Waals surface area (Å²) in [6.45, 7) is 7.20. The van der Waals surface area contributed by atoms with Crippen molar-refractivity contribution in [3.05, 3.63) is 12.2 Å². The van der Waals surface area contributed by atoms with Crippen LogP contribution in [0.2, 0.25) is 0 Å². The van der Waals surface area contributed by atoms with Crippen molar-refractivity contribution in [2.24, 2.45) is 22.7 Å². The smallest absolute Gasteiger partial charge is 0.410 e. The first-order valence-corrected chi connectivity index (χ1v) is 9.17. The normalized spacial score (nSPS) is 30.3. The second-order valence-electron chi connectivity index (χ2n) is 7.85. The highest BCUT2D eigenvalue weighted by Gasteiger charge is 2.62. The quantitative estimate of drug-likeness (QED) is 0.388. The Labute approximate surface area is 154 Å². The summed E-state index contributed by atoms with van der Waals surface area (Å²) in [5.74, 6) is -1.48. The fraction of sp³-hybridized carbons (Fsp3) is 0.737. The lowest BCUT2D eigenvalue weighted by molar-refractivity contribution is -0.169. The second-order valence-corrected chi connectivity index (χ2v) is 7.85. The Kier molecular flexibility index (Phi) is 5.98. The van der Waals surface area contributed by atoms with Crippen molar-refractivity contribution < 1.29 is 29.0 Å². The van der Waals surface area contributed by atoms with Gasteiger partial charge in [-0.1, -0.05) is 32.9 Å². The molecule has 2 rings (SSSR count). The molecule has 0 spiro atoms. The number of hydrogen-bond donors (Lipinski definition) is 2. The third-order valence-electron chi connectivity index (χ3n) is 5.70. The molecule has 0 saturated heterocycles. The van der Waals surface area contributed by atoms with E-state index in [1.54, 1.807) is 13.8 Å². The Hall–Kier alpha value is -2.05. The number of hydrogen-bond acceptors (Lipinski definition) is 5. The van der Waals surface area contributed by atoms with E-state index >= 15 is 0 Å². The number of ether oxygens (including phenoxy) is 2. The largest absolute Gasteiger partial charge is 0.481 e. The molecule has 1 fully saturated rings. The first kappa shape index (κ1) is 20.3. The molecule has 7 nitrogen and oxygen atoms in total. The lowest BCUT2D eigenvalue weighted by Crippen LogP contribution is -2.59. The SMILES string of the molecule is CC[C@@]12CC=C[C@@H]1[C@](CNC(=O)O[C@H](C)OC(=O)C(C)C)(CC(=O)O)C2. The maximum absolute atomic E-state index is 12.0. The number of esters is 1. The number of fused-ring (bicyclic) bond motifs is 1. The molecule has 0 aromatic rings. The van der Waals surface area contributed by atoms with E-state index in [0.717, 1.165) is 19.3 Å². The zero-order chi connectivity index (χ0) is 19.5. The van der Waals surface area contributed by atoms with Gasteiger partial charge in [0, 0.05) is 18.9 Å². The van der Waals surface area contributed by atoms with Crippen LogP contribution in [0.25, 0.3) is 0 Å². The lowest BCUT2D eigenvalue weighted by atomic mass is 9.44. The molecular weight excluding hydrogens is 338 g/mol. The lowest BCUT2D eigenvalue weighted by Gasteiger charge is -2.60. The molecule has 0 aliphatic heterocycles. The molecule has 0 aromatic carbocycles. The maximum atomic E-state index is 12.0. The van der Waals surface area contributed by atoms with Crippen LogP contribution in [0, 0.1) is 22.7 Å². The molecule has 0 bridgehead atoms. The number of nitrogens with one attached hydrogen (secondary N) is 1. The Morgan fingerprint density at radius 2 is 1.96 bits per heavy atom. The molecule has 7 heteroatoms. The van der Waals surface area contributed by atoms with Gasteiger partial charge < -0.3 is 19.9 Å². The van der Waals surface area contributed by atoms with E-state index in [0.29, 0.717) is 0 Å². The summed E-state index contributed by atoms with van der Waals surface area (Å²) < 4.78 is 10.0. The third-order valence-corrected chi connectivity index (χ3v) is 5.70. The van der Waals surface area contributed by atoms with Crippen molar-refractivity contribution in [3.8, 4) is 0 Å². The number of aliphatic carboxylic acids is 1. The Balaban J connectivity index is 1.92. The van der Waals surface area contributed by atoms with Gasteiger partial charge in [-0.25, -0.2) is 4.79 Å². The van der Waals surface area contributed by atoms with Gasteiger partial charge in [0.1, 0.15) is 0 Å². The molecule has 1 amide bonds. The highest BCUT2D eigenvalue weighted by molar-refractivity contribution is 5.72. The number of carboxylic acid groups (broad SMARTS) is 1. The Morgan fingerprint density at radius 1 is 1.27 bits per heavy atom. The third kappa shape index (κ3) is 4.02. The summed E-state index contributed by atoms with van der Waals surface area (Å²) in [6.07, 6.45) is 5.21. The minimum absolute atomic E-state index is 0.00191. The average Bonchev–Trinajstić information content (AvgIpc) is 2.89. The van der Waals surface area contributed by atoms with Crippen molar-refractivity contribution in [3.63, 3.8) is 0 Å². The molecule has 4 atom stereocenters. The first-order chi connectivity index (χ1) is 12.1. The van der Waals surface area contributed by atoms with Crippen LogP contribution in [0.5, 0.6) is 0 Å².